The summed E-state index contributed by atoms with van der Waals surface area (Å²) in [7, 11) is 0. The van der Waals surface area contributed by atoms with Crippen LogP contribution in [0, 0.1) is 5.92 Å². The minimum absolute atomic E-state index is 0.0742. The van der Waals surface area contributed by atoms with Crippen molar-refractivity contribution in [3.05, 3.63) is 35.4 Å². The second kappa shape index (κ2) is 8.83. The van der Waals surface area contributed by atoms with Gasteiger partial charge in [0.05, 0.1) is 11.7 Å². The molecule has 132 valence electrons. The molecule has 2 rings (SSSR count). The van der Waals surface area contributed by atoms with E-state index in [0.29, 0.717) is 30.9 Å². The summed E-state index contributed by atoms with van der Waals surface area (Å²) in [6.07, 6.45) is 2.85. The number of likely N-dealkylation sites (tertiary alicyclic amines) is 1. The third kappa shape index (κ3) is 5.34. The molecular formula is C19H27NO4. The number of aryl methyl sites for hydroxylation is 1. The van der Waals surface area contributed by atoms with Gasteiger partial charge in [0, 0.05) is 26.1 Å². The average Bonchev–Trinajstić information content (AvgIpc) is 3.01. The fourth-order valence-electron chi connectivity index (χ4n) is 2.91. The molecular weight excluding hydrogens is 306 g/mol. The first-order chi connectivity index (χ1) is 11.5. The normalized spacial score (nSPS) is 17.5. The number of carboxylic acids is 1. The van der Waals surface area contributed by atoms with Crippen LogP contribution in [0.2, 0.25) is 0 Å². The monoisotopic (exact) mass is 333 g/mol. The Labute approximate surface area is 143 Å². The van der Waals surface area contributed by atoms with E-state index < -0.39 is 5.97 Å². The highest BCUT2D eigenvalue weighted by molar-refractivity contribution is 5.89. The van der Waals surface area contributed by atoms with E-state index in [-0.39, 0.29) is 17.6 Å². The van der Waals surface area contributed by atoms with Gasteiger partial charge in [-0.1, -0.05) is 32.0 Å². The molecule has 0 radical (unpaired) electrons. The van der Waals surface area contributed by atoms with Crippen molar-refractivity contribution in [2.45, 2.75) is 45.6 Å². The van der Waals surface area contributed by atoms with Gasteiger partial charge in [-0.25, -0.2) is 4.79 Å². The topological polar surface area (TPSA) is 66.8 Å². The van der Waals surface area contributed by atoms with Gasteiger partial charge in [0.25, 0.3) is 0 Å². The van der Waals surface area contributed by atoms with Crippen LogP contribution >= 0.6 is 0 Å². The molecule has 1 aromatic rings. The van der Waals surface area contributed by atoms with E-state index in [4.69, 9.17) is 4.74 Å². The first kappa shape index (κ1) is 18.5. The predicted molar refractivity (Wildman–Crippen MR) is 92.1 cm³/mol. The van der Waals surface area contributed by atoms with Gasteiger partial charge in [-0.05, 0) is 36.8 Å². The first-order valence-corrected chi connectivity index (χ1v) is 8.68. The van der Waals surface area contributed by atoms with Crippen LogP contribution < -0.4 is 0 Å². The number of nitrogens with zero attached hydrogens (tertiary/aromatic N) is 1. The first-order valence-electron chi connectivity index (χ1n) is 8.68. The van der Waals surface area contributed by atoms with Crippen LogP contribution in [-0.2, 0) is 16.0 Å². The highest BCUT2D eigenvalue weighted by Gasteiger charge is 2.26. The lowest BCUT2D eigenvalue weighted by Crippen LogP contribution is -2.30. The third-order valence-electron chi connectivity index (χ3n) is 4.40. The lowest BCUT2D eigenvalue weighted by atomic mass is 10.0. The molecule has 0 aliphatic carbocycles. The van der Waals surface area contributed by atoms with Crippen molar-refractivity contribution < 1.29 is 19.4 Å². The summed E-state index contributed by atoms with van der Waals surface area (Å²) in [5.41, 5.74) is 0.990. The lowest BCUT2D eigenvalue weighted by Gasteiger charge is -2.17. The maximum Gasteiger partial charge on any atom is 0.335 e. The molecule has 1 unspecified atom stereocenters. The molecule has 1 atom stereocenters. The number of amides is 1. The summed E-state index contributed by atoms with van der Waals surface area (Å²) >= 11 is 0. The molecule has 1 saturated heterocycles. The molecule has 1 aromatic carbocycles. The average molecular weight is 333 g/mol. The maximum absolute atomic E-state index is 12.4. The molecule has 1 aliphatic heterocycles. The van der Waals surface area contributed by atoms with E-state index in [0.717, 1.165) is 26.0 Å². The molecule has 1 N–H and O–H groups in total. The molecule has 1 amide bonds. The van der Waals surface area contributed by atoms with Crippen LogP contribution in [0.3, 0.4) is 0 Å². The van der Waals surface area contributed by atoms with Gasteiger partial charge >= 0.3 is 5.97 Å². The van der Waals surface area contributed by atoms with Gasteiger partial charge in [0.15, 0.2) is 0 Å². The zero-order valence-electron chi connectivity index (χ0n) is 14.5. The molecule has 0 aromatic heterocycles. The fraction of sp³-hybridized carbons (Fsp3) is 0.579. The number of aromatic carboxylic acids is 1. The number of hydrogen-bond acceptors (Lipinski definition) is 3. The zero-order valence-corrected chi connectivity index (χ0v) is 14.5. The Bertz CT molecular complexity index is 570. The van der Waals surface area contributed by atoms with Crippen LogP contribution in [0.4, 0.5) is 0 Å². The summed E-state index contributed by atoms with van der Waals surface area (Å²) in [5, 5.41) is 9.19. The van der Waals surface area contributed by atoms with Crippen LogP contribution in [0.15, 0.2) is 24.3 Å². The van der Waals surface area contributed by atoms with Crippen molar-refractivity contribution in [3.63, 3.8) is 0 Å². The summed E-state index contributed by atoms with van der Waals surface area (Å²) < 4.78 is 5.84. The Kier molecular flexibility index (Phi) is 6.79. The number of carboxylic acid groups (broad SMARTS) is 1. The standard InChI is InChI=1S/C19H27NO4/c1-14(2)10-12-24-16-9-11-20(13-16)18(21)8-7-15-5-3-4-6-17(15)19(22)23/h3-6,14,16H,7-13H2,1-2H3,(H,22,23). The quantitative estimate of drug-likeness (QED) is 0.794. The van der Waals surface area contributed by atoms with Gasteiger partial charge in [0.1, 0.15) is 0 Å². The van der Waals surface area contributed by atoms with Crippen molar-refractivity contribution in [1.82, 2.24) is 4.90 Å². The van der Waals surface area contributed by atoms with Crippen molar-refractivity contribution in [2.75, 3.05) is 19.7 Å². The highest BCUT2D eigenvalue weighted by Crippen LogP contribution is 2.17. The second-order valence-electron chi connectivity index (χ2n) is 6.77. The minimum Gasteiger partial charge on any atom is -0.478 e. The fourth-order valence-corrected chi connectivity index (χ4v) is 2.91. The Hall–Kier alpha value is -1.88. The molecule has 5 nitrogen and oxygen atoms in total. The van der Waals surface area contributed by atoms with Crippen LogP contribution in [0.5, 0.6) is 0 Å². The molecule has 1 aliphatic rings. The van der Waals surface area contributed by atoms with Gasteiger partial charge in [-0.15, -0.1) is 0 Å². The summed E-state index contributed by atoms with van der Waals surface area (Å²) in [6, 6.07) is 6.87. The molecule has 0 spiro atoms. The Morgan fingerprint density at radius 2 is 2.08 bits per heavy atom. The van der Waals surface area contributed by atoms with E-state index in [9.17, 15) is 14.7 Å². The zero-order chi connectivity index (χ0) is 17.5. The highest BCUT2D eigenvalue weighted by atomic mass is 16.5. The summed E-state index contributed by atoms with van der Waals surface area (Å²) in [5.74, 6) is -0.249. The number of ether oxygens (including phenoxy) is 1. The van der Waals surface area contributed by atoms with E-state index in [1.165, 1.54) is 0 Å². The van der Waals surface area contributed by atoms with E-state index >= 15 is 0 Å². The summed E-state index contributed by atoms with van der Waals surface area (Å²) in [4.78, 5) is 25.4. The SMILES string of the molecule is CC(C)CCOC1CCN(C(=O)CCc2ccccc2C(=O)O)C1. The van der Waals surface area contributed by atoms with Crippen molar-refractivity contribution in [1.29, 1.82) is 0 Å². The molecule has 0 bridgehead atoms. The number of carbonyl (C=O) groups excluding carboxylic acids is 1. The number of benzene rings is 1. The van der Waals surface area contributed by atoms with E-state index in [1.807, 2.05) is 4.90 Å². The van der Waals surface area contributed by atoms with Gasteiger partial charge < -0.3 is 14.7 Å². The van der Waals surface area contributed by atoms with E-state index in [1.54, 1.807) is 24.3 Å². The number of hydrogen-bond donors (Lipinski definition) is 1. The Balaban J connectivity index is 1.79. The smallest absolute Gasteiger partial charge is 0.335 e. The van der Waals surface area contributed by atoms with Crippen molar-refractivity contribution in [3.8, 4) is 0 Å². The second-order valence-corrected chi connectivity index (χ2v) is 6.77. The Morgan fingerprint density at radius 1 is 1.33 bits per heavy atom. The third-order valence-corrected chi connectivity index (χ3v) is 4.40. The molecule has 24 heavy (non-hydrogen) atoms. The van der Waals surface area contributed by atoms with Crippen LogP contribution in [0.25, 0.3) is 0 Å². The van der Waals surface area contributed by atoms with Crippen LogP contribution in [-0.4, -0.2) is 47.7 Å². The molecule has 0 saturated carbocycles. The Morgan fingerprint density at radius 3 is 2.79 bits per heavy atom. The minimum atomic E-state index is -0.946. The van der Waals surface area contributed by atoms with Crippen molar-refractivity contribution in [2.24, 2.45) is 5.92 Å². The van der Waals surface area contributed by atoms with Gasteiger partial charge in [0.2, 0.25) is 5.91 Å². The number of rotatable bonds is 8. The molecule has 5 heteroatoms. The van der Waals surface area contributed by atoms with E-state index in [2.05, 4.69) is 13.8 Å². The predicted octanol–water partition coefficient (Wildman–Crippen LogP) is 2.98. The van der Waals surface area contributed by atoms with Crippen molar-refractivity contribution >= 4 is 11.9 Å². The van der Waals surface area contributed by atoms with Gasteiger partial charge in [-0.3, -0.25) is 4.79 Å². The largest absolute Gasteiger partial charge is 0.478 e. The molecule has 1 fully saturated rings. The van der Waals surface area contributed by atoms with Gasteiger partial charge in [-0.2, -0.15) is 0 Å². The number of carbonyl (C=O) groups is 2. The summed E-state index contributed by atoms with van der Waals surface area (Å²) in [6.45, 7) is 6.46. The maximum atomic E-state index is 12.4. The molecule has 1 heterocycles. The van der Waals surface area contributed by atoms with Crippen LogP contribution in [0.1, 0.15) is 49.0 Å². The lowest BCUT2D eigenvalue weighted by molar-refractivity contribution is -0.130.